The second-order valence-corrected chi connectivity index (χ2v) is 4.12. The molecule has 1 unspecified atom stereocenters. The minimum absolute atomic E-state index is 0.0793. The summed E-state index contributed by atoms with van der Waals surface area (Å²) in [5, 5.41) is 0. The second-order valence-electron chi connectivity index (χ2n) is 4.12. The van der Waals surface area contributed by atoms with Gasteiger partial charge < -0.3 is 20.1 Å². The fourth-order valence-corrected chi connectivity index (χ4v) is 1.92. The van der Waals surface area contributed by atoms with Crippen molar-refractivity contribution in [3.63, 3.8) is 0 Å². The topological polar surface area (TPSA) is 64.8 Å². The molecule has 0 aliphatic carbocycles. The summed E-state index contributed by atoms with van der Waals surface area (Å²) in [5.41, 5.74) is 5.50. The van der Waals surface area contributed by atoms with E-state index in [1.54, 1.807) is 7.11 Å². The molecule has 0 bridgehead atoms. The molecular formula is C11H22N2O3. The molecule has 0 radical (unpaired) electrons. The highest BCUT2D eigenvalue weighted by Crippen LogP contribution is 2.18. The molecule has 1 amide bonds. The Bertz CT molecular complexity index is 211. The van der Waals surface area contributed by atoms with E-state index in [0.29, 0.717) is 25.7 Å². The molecule has 1 fully saturated rings. The first kappa shape index (κ1) is 13.4. The van der Waals surface area contributed by atoms with Crippen LogP contribution in [0.15, 0.2) is 0 Å². The Balaban J connectivity index is 2.13. The van der Waals surface area contributed by atoms with Gasteiger partial charge in [0, 0.05) is 20.2 Å². The molecule has 1 heterocycles. The molecule has 1 saturated heterocycles. The molecule has 0 aromatic rings. The summed E-state index contributed by atoms with van der Waals surface area (Å²) in [7, 11) is 1.61. The van der Waals surface area contributed by atoms with Crippen LogP contribution in [0.1, 0.15) is 12.8 Å². The lowest BCUT2D eigenvalue weighted by Gasteiger charge is -2.16. The van der Waals surface area contributed by atoms with Crippen molar-refractivity contribution < 1.29 is 14.3 Å². The van der Waals surface area contributed by atoms with E-state index < -0.39 is 0 Å². The van der Waals surface area contributed by atoms with Gasteiger partial charge in [-0.2, -0.15) is 0 Å². The molecule has 94 valence electrons. The van der Waals surface area contributed by atoms with Gasteiger partial charge in [-0.25, -0.2) is 0 Å². The second kappa shape index (κ2) is 7.60. The minimum Gasteiger partial charge on any atom is -0.382 e. The van der Waals surface area contributed by atoms with Gasteiger partial charge in [0.25, 0.3) is 0 Å². The average molecular weight is 230 g/mol. The normalized spacial score (nSPS) is 20.4. The summed E-state index contributed by atoms with van der Waals surface area (Å²) in [6.45, 7) is 3.56. The van der Waals surface area contributed by atoms with Crippen molar-refractivity contribution in [2.75, 3.05) is 46.6 Å². The van der Waals surface area contributed by atoms with Crippen LogP contribution in [0, 0.1) is 5.92 Å². The lowest BCUT2D eigenvalue weighted by Crippen LogP contribution is -2.32. The van der Waals surface area contributed by atoms with Gasteiger partial charge in [-0.1, -0.05) is 0 Å². The zero-order valence-electron chi connectivity index (χ0n) is 9.98. The van der Waals surface area contributed by atoms with Gasteiger partial charge in [-0.05, 0) is 25.3 Å². The Morgan fingerprint density at radius 2 is 2.31 bits per heavy atom. The van der Waals surface area contributed by atoms with Crippen molar-refractivity contribution in [1.29, 1.82) is 0 Å². The number of hydrogen-bond donors (Lipinski definition) is 1. The molecule has 0 aromatic heterocycles. The van der Waals surface area contributed by atoms with E-state index >= 15 is 0 Å². The quantitative estimate of drug-likeness (QED) is 0.618. The van der Waals surface area contributed by atoms with Gasteiger partial charge >= 0.3 is 0 Å². The molecule has 0 spiro atoms. The van der Waals surface area contributed by atoms with E-state index in [0.717, 1.165) is 25.9 Å². The summed E-state index contributed by atoms with van der Waals surface area (Å²) in [6.07, 6.45) is 2.08. The number of hydrogen-bond acceptors (Lipinski definition) is 4. The summed E-state index contributed by atoms with van der Waals surface area (Å²) < 4.78 is 10.0. The maximum Gasteiger partial charge on any atom is 0.248 e. The van der Waals surface area contributed by atoms with Crippen LogP contribution in [0.2, 0.25) is 0 Å². The third kappa shape index (κ3) is 4.47. The average Bonchev–Trinajstić information content (AvgIpc) is 2.73. The Hall–Kier alpha value is -0.650. The van der Waals surface area contributed by atoms with Crippen molar-refractivity contribution in [3.8, 4) is 0 Å². The Morgan fingerprint density at radius 1 is 1.50 bits per heavy atom. The number of nitrogens with zero attached hydrogens (tertiary/aromatic N) is 1. The number of rotatable bonds is 7. The number of nitrogens with two attached hydrogens (primary N) is 1. The van der Waals surface area contributed by atoms with Crippen molar-refractivity contribution in [2.24, 2.45) is 11.7 Å². The minimum atomic E-state index is 0.0793. The molecule has 0 aromatic carbocycles. The summed E-state index contributed by atoms with van der Waals surface area (Å²) in [6, 6.07) is 0. The molecule has 5 heteroatoms. The van der Waals surface area contributed by atoms with Crippen molar-refractivity contribution in [3.05, 3.63) is 0 Å². The summed E-state index contributed by atoms with van der Waals surface area (Å²) >= 11 is 0. The molecule has 1 rings (SSSR count). The molecule has 5 nitrogen and oxygen atoms in total. The van der Waals surface area contributed by atoms with Crippen LogP contribution in [0.3, 0.4) is 0 Å². The van der Waals surface area contributed by atoms with Gasteiger partial charge in [-0.3, -0.25) is 4.79 Å². The Morgan fingerprint density at radius 3 is 3.00 bits per heavy atom. The predicted octanol–water partition coefficient (Wildman–Crippen LogP) is -0.153. The van der Waals surface area contributed by atoms with Gasteiger partial charge in [0.15, 0.2) is 0 Å². The fraction of sp³-hybridized carbons (Fsp3) is 0.909. The van der Waals surface area contributed by atoms with Crippen LogP contribution in [-0.4, -0.2) is 57.4 Å². The maximum atomic E-state index is 11.7. The first-order chi connectivity index (χ1) is 7.77. The third-order valence-electron chi connectivity index (χ3n) is 2.87. The Kier molecular flexibility index (Phi) is 6.37. The van der Waals surface area contributed by atoms with Crippen LogP contribution >= 0.6 is 0 Å². The molecule has 1 atom stereocenters. The first-order valence-electron chi connectivity index (χ1n) is 5.82. The van der Waals surface area contributed by atoms with E-state index in [2.05, 4.69) is 0 Å². The fourth-order valence-electron chi connectivity index (χ4n) is 1.92. The van der Waals surface area contributed by atoms with E-state index in [1.807, 2.05) is 4.90 Å². The standard InChI is InChI=1S/C11H22N2O3/c1-15-6-7-16-9-11(14)13-5-3-10(8-13)2-4-12/h10H,2-9,12H2,1H3. The SMILES string of the molecule is COCCOCC(=O)N1CCC(CCN)C1. The van der Waals surface area contributed by atoms with E-state index in [9.17, 15) is 4.79 Å². The lowest BCUT2D eigenvalue weighted by molar-refractivity contribution is -0.135. The highest BCUT2D eigenvalue weighted by molar-refractivity contribution is 5.77. The number of amides is 1. The molecular weight excluding hydrogens is 208 g/mol. The zero-order chi connectivity index (χ0) is 11.8. The molecule has 0 saturated carbocycles. The van der Waals surface area contributed by atoms with Crippen LogP contribution in [0.5, 0.6) is 0 Å². The van der Waals surface area contributed by atoms with Crippen molar-refractivity contribution in [2.45, 2.75) is 12.8 Å². The zero-order valence-corrected chi connectivity index (χ0v) is 9.98. The monoisotopic (exact) mass is 230 g/mol. The molecule has 1 aliphatic rings. The maximum absolute atomic E-state index is 11.7. The highest BCUT2D eigenvalue weighted by atomic mass is 16.5. The third-order valence-corrected chi connectivity index (χ3v) is 2.87. The van der Waals surface area contributed by atoms with Crippen molar-refractivity contribution >= 4 is 5.91 Å². The van der Waals surface area contributed by atoms with Crippen LogP contribution < -0.4 is 5.73 Å². The molecule has 1 aliphatic heterocycles. The molecule has 2 N–H and O–H groups in total. The summed E-state index contributed by atoms with van der Waals surface area (Å²) in [4.78, 5) is 13.6. The van der Waals surface area contributed by atoms with Crippen LogP contribution in [-0.2, 0) is 14.3 Å². The van der Waals surface area contributed by atoms with E-state index in [4.69, 9.17) is 15.2 Å². The number of carbonyl (C=O) groups is 1. The summed E-state index contributed by atoms with van der Waals surface area (Å²) in [5.74, 6) is 0.656. The lowest BCUT2D eigenvalue weighted by atomic mass is 10.1. The van der Waals surface area contributed by atoms with Gasteiger partial charge in [0.2, 0.25) is 5.91 Å². The largest absolute Gasteiger partial charge is 0.382 e. The Labute approximate surface area is 96.9 Å². The smallest absolute Gasteiger partial charge is 0.248 e. The first-order valence-corrected chi connectivity index (χ1v) is 5.82. The van der Waals surface area contributed by atoms with E-state index in [-0.39, 0.29) is 12.5 Å². The number of ether oxygens (including phenoxy) is 2. The van der Waals surface area contributed by atoms with Gasteiger partial charge in [0.05, 0.1) is 13.2 Å². The number of likely N-dealkylation sites (tertiary alicyclic amines) is 1. The molecule has 16 heavy (non-hydrogen) atoms. The van der Waals surface area contributed by atoms with Gasteiger partial charge in [-0.15, -0.1) is 0 Å². The van der Waals surface area contributed by atoms with Crippen LogP contribution in [0.4, 0.5) is 0 Å². The van der Waals surface area contributed by atoms with Crippen molar-refractivity contribution in [1.82, 2.24) is 4.90 Å². The predicted molar refractivity (Wildman–Crippen MR) is 61.1 cm³/mol. The number of methoxy groups -OCH3 is 1. The van der Waals surface area contributed by atoms with E-state index in [1.165, 1.54) is 0 Å². The number of carbonyl (C=O) groups excluding carboxylic acids is 1. The van der Waals surface area contributed by atoms with Gasteiger partial charge in [0.1, 0.15) is 6.61 Å². The van der Waals surface area contributed by atoms with Crippen LogP contribution in [0.25, 0.3) is 0 Å². The highest BCUT2D eigenvalue weighted by Gasteiger charge is 2.25.